The quantitative estimate of drug-likeness (QED) is 0.663. The zero-order valence-corrected chi connectivity index (χ0v) is 17.5. The first kappa shape index (κ1) is 19.5. The van der Waals surface area contributed by atoms with Gasteiger partial charge in [-0.05, 0) is 43.3 Å². The van der Waals surface area contributed by atoms with E-state index in [1.165, 1.54) is 35.3 Å². The first-order chi connectivity index (χ1) is 13.9. The summed E-state index contributed by atoms with van der Waals surface area (Å²) in [5.74, 6) is 1.01. The summed E-state index contributed by atoms with van der Waals surface area (Å²) in [5.41, 5.74) is 1.12. The van der Waals surface area contributed by atoms with Crippen LogP contribution in [0.15, 0.2) is 41.3 Å². The monoisotopic (exact) mass is 433 g/mol. The smallest absolute Gasteiger partial charge is 0.263 e. The van der Waals surface area contributed by atoms with Gasteiger partial charge in [0.1, 0.15) is 18.1 Å². The highest BCUT2D eigenvalue weighted by Gasteiger charge is 2.25. The molecule has 1 aliphatic rings. The van der Waals surface area contributed by atoms with Gasteiger partial charge in [0.05, 0.1) is 34.0 Å². The maximum absolute atomic E-state index is 12.9. The Balaban J connectivity index is 1.65. The molecule has 0 saturated heterocycles. The predicted molar refractivity (Wildman–Crippen MR) is 112 cm³/mol. The van der Waals surface area contributed by atoms with Crippen LogP contribution in [0.1, 0.15) is 13.8 Å². The second-order valence-corrected chi connectivity index (χ2v) is 9.05. The van der Waals surface area contributed by atoms with Gasteiger partial charge in [-0.1, -0.05) is 11.3 Å². The highest BCUT2D eigenvalue weighted by atomic mass is 32.2. The molecule has 0 fully saturated rings. The van der Waals surface area contributed by atoms with E-state index in [0.29, 0.717) is 42.5 Å². The minimum atomic E-state index is -3.89. The summed E-state index contributed by atoms with van der Waals surface area (Å²) in [4.78, 5) is 17.7. The van der Waals surface area contributed by atoms with E-state index in [1.807, 2.05) is 13.0 Å². The lowest BCUT2D eigenvalue weighted by molar-refractivity contribution is -0.116. The number of sulfonamides is 1. The van der Waals surface area contributed by atoms with Crippen molar-refractivity contribution < 1.29 is 22.7 Å². The number of ether oxygens (including phenoxy) is 2. The Kier molecular flexibility index (Phi) is 5.05. The third-order valence-corrected chi connectivity index (χ3v) is 6.78. The molecular formula is C19H19N3O5S2. The zero-order valence-electron chi connectivity index (χ0n) is 15.8. The van der Waals surface area contributed by atoms with Crippen molar-refractivity contribution in [3.8, 4) is 11.5 Å². The van der Waals surface area contributed by atoms with Crippen LogP contribution in [0.4, 0.5) is 10.8 Å². The number of carbonyl (C=O) groups excluding carboxylic acids is 1. The molecule has 29 heavy (non-hydrogen) atoms. The molecule has 0 aliphatic carbocycles. The molecular weight excluding hydrogens is 414 g/mol. The van der Waals surface area contributed by atoms with Gasteiger partial charge in [0.15, 0.2) is 5.13 Å². The molecule has 2 aromatic carbocycles. The van der Waals surface area contributed by atoms with Gasteiger partial charge in [-0.25, -0.2) is 13.4 Å². The van der Waals surface area contributed by atoms with Crippen LogP contribution in [0.3, 0.4) is 0 Å². The van der Waals surface area contributed by atoms with Gasteiger partial charge in [-0.2, -0.15) is 0 Å². The molecule has 10 heteroatoms. The van der Waals surface area contributed by atoms with Crippen molar-refractivity contribution >= 4 is 48.3 Å². The average molecular weight is 434 g/mol. The SMILES string of the molecule is CCOc1ccc2nc(NS(=O)(=O)c3ccc4c(c3)N(C(C)=O)CCO4)sc2c1. The number of rotatable bonds is 5. The molecule has 0 radical (unpaired) electrons. The van der Waals surface area contributed by atoms with Crippen molar-refractivity contribution in [1.82, 2.24) is 4.98 Å². The summed E-state index contributed by atoms with van der Waals surface area (Å²) < 4.78 is 40.1. The van der Waals surface area contributed by atoms with Crippen LogP contribution < -0.4 is 19.1 Å². The number of benzene rings is 2. The van der Waals surface area contributed by atoms with Gasteiger partial charge >= 0.3 is 0 Å². The van der Waals surface area contributed by atoms with E-state index in [-0.39, 0.29) is 15.9 Å². The number of nitrogens with zero attached hydrogens (tertiary/aromatic N) is 2. The van der Waals surface area contributed by atoms with Crippen LogP contribution in [0.25, 0.3) is 10.2 Å². The van der Waals surface area contributed by atoms with E-state index >= 15 is 0 Å². The fourth-order valence-corrected chi connectivity index (χ4v) is 5.22. The van der Waals surface area contributed by atoms with Gasteiger partial charge in [-0.15, -0.1) is 0 Å². The van der Waals surface area contributed by atoms with Gasteiger partial charge in [0.2, 0.25) is 5.91 Å². The van der Waals surface area contributed by atoms with E-state index in [4.69, 9.17) is 9.47 Å². The summed E-state index contributed by atoms with van der Waals surface area (Å²) in [6, 6.07) is 9.87. The Bertz CT molecular complexity index is 1190. The van der Waals surface area contributed by atoms with Crippen LogP contribution in [-0.4, -0.2) is 39.1 Å². The highest BCUT2D eigenvalue weighted by molar-refractivity contribution is 7.93. The standard InChI is InChI=1S/C19H19N3O5S2/c1-3-26-13-4-6-15-18(10-13)28-19(20-15)21-29(24,25)14-5-7-17-16(11-14)22(12(2)23)8-9-27-17/h4-7,10-11H,3,8-9H2,1-2H3,(H,20,21). The normalized spacial score (nSPS) is 13.7. The number of anilines is 2. The minimum Gasteiger partial charge on any atom is -0.494 e. The lowest BCUT2D eigenvalue weighted by Crippen LogP contribution is -2.36. The fourth-order valence-electron chi connectivity index (χ4n) is 3.07. The minimum absolute atomic E-state index is 0.0299. The Morgan fingerprint density at radius 1 is 1.31 bits per heavy atom. The molecule has 1 N–H and O–H groups in total. The van der Waals surface area contributed by atoms with E-state index in [9.17, 15) is 13.2 Å². The molecule has 3 aromatic rings. The number of hydrogen-bond acceptors (Lipinski definition) is 7. The average Bonchev–Trinajstić information content (AvgIpc) is 3.08. The topological polar surface area (TPSA) is 97.8 Å². The number of carbonyl (C=O) groups is 1. The predicted octanol–water partition coefficient (Wildman–Crippen LogP) is 3.24. The molecule has 0 unspecified atom stereocenters. The first-order valence-electron chi connectivity index (χ1n) is 8.98. The van der Waals surface area contributed by atoms with Crippen molar-refractivity contribution in [2.24, 2.45) is 0 Å². The zero-order chi connectivity index (χ0) is 20.6. The molecule has 4 rings (SSSR count). The first-order valence-corrected chi connectivity index (χ1v) is 11.3. The van der Waals surface area contributed by atoms with Crippen LogP contribution in [-0.2, 0) is 14.8 Å². The van der Waals surface area contributed by atoms with Crippen LogP contribution in [0.2, 0.25) is 0 Å². The number of fused-ring (bicyclic) bond motifs is 2. The lowest BCUT2D eigenvalue weighted by Gasteiger charge is -2.29. The van der Waals surface area contributed by atoms with Crippen LogP contribution >= 0.6 is 11.3 Å². The van der Waals surface area contributed by atoms with Crippen molar-refractivity contribution in [2.75, 3.05) is 29.4 Å². The third-order valence-electron chi connectivity index (χ3n) is 4.38. The van der Waals surface area contributed by atoms with Crippen molar-refractivity contribution in [3.63, 3.8) is 0 Å². The molecule has 2 heterocycles. The number of aromatic nitrogens is 1. The van der Waals surface area contributed by atoms with E-state index < -0.39 is 10.0 Å². The van der Waals surface area contributed by atoms with E-state index in [0.717, 1.165) is 4.70 Å². The van der Waals surface area contributed by atoms with Crippen molar-refractivity contribution in [1.29, 1.82) is 0 Å². The molecule has 152 valence electrons. The van der Waals surface area contributed by atoms with Crippen molar-refractivity contribution in [2.45, 2.75) is 18.7 Å². The third kappa shape index (κ3) is 3.85. The number of amides is 1. The Labute approximate surface area is 172 Å². The molecule has 1 amide bonds. The summed E-state index contributed by atoms with van der Waals surface area (Å²) in [5, 5.41) is 0.256. The lowest BCUT2D eigenvalue weighted by atomic mass is 10.2. The van der Waals surface area contributed by atoms with Crippen LogP contribution in [0, 0.1) is 0 Å². The molecule has 1 aromatic heterocycles. The van der Waals surface area contributed by atoms with Gasteiger partial charge in [0.25, 0.3) is 10.0 Å². The van der Waals surface area contributed by atoms with Crippen molar-refractivity contribution in [3.05, 3.63) is 36.4 Å². The Hall–Kier alpha value is -2.85. The molecule has 0 bridgehead atoms. The summed E-state index contributed by atoms with van der Waals surface area (Å²) in [6.07, 6.45) is 0. The number of thiazole rings is 1. The molecule has 0 saturated carbocycles. The molecule has 0 atom stereocenters. The van der Waals surface area contributed by atoms with Gasteiger partial charge in [-0.3, -0.25) is 9.52 Å². The largest absolute Gasteiger partial charge is 0.494 e. The fraction of sp³-hybridized carbons (Fsp3) is 0.263. The van der Waals surface area contributed by atoms with Crippen LogP contribution in [0.5, 0.6) is 11.5 Å². The summed E-state index contributed by atoms with van der Waals surface area (Å²) in [6.45, 7) is 4.62. The maximum Gasteiger partial charge on any atom is 0.263 e. The molecule has 8 nitrogen and oxygen atoms in total. The second-order valence-electron chi connectivity index (χ2n) is 6.34. The Morgan fingerprint density at radius 2 is 2.14 bits per heavy atom. The maximum atomic E-state index is 12.9. The molecule has 0 spiro atoms. The van der Waals surface area contributed by atoms with Gasteiger partial charge in [0, 0.05) is 6.92 Å². The van der Waals surface area contributed by atoms with E-state index in [2.05, 4.69) is 9.71 Å². The van der Waals surface area contributed by atoms with E-state index in [1.54, 1.807) is 18.2 Å². The highest BCUT2D eigenvalue weighted by Crippen LogP contribution is 2.35. The summed E-state index contributed by atoms with van der Waals surface area (Å²) >= 11 is 1.22. The van der Waals surface area contributed by atoms with Gasteiger partial charge < -0.3 is 14.4 Å². The molecule has 1 aliphatic heterocycles. The number of hydrogen-bond donors (Lipinski definition) is 1. The Morgan fingerprint density at radius 3 is 2.90 bits per heavy atom. The number of nitrogens with one attached hydrogen (secondary N) is 1. The summed E-state index contributed by atoms with van der Waals surface area (Å²) in [7, 11) is -3.89. The second kappa shape index (κ2) is 7.53.